The van der Waals surface area contributed by atoms with Gasteiger partial charge in [0.15, 0.2) is 0 Å². The van der Waals surface area contributed by atoms with Gasteiger partial charge in [-0.15, -0.1) is 24.3 Å². The molecule has 0 spiro atoms. The minimum Gasteiger partial charge on any atom is -0.518 e. The minimum absolute atomic E-state index is 0. The third kappa shape index (κ3) is 95.5. The molecule has 0 saturated heterocycles. The van der Waals surface area contributed by atoms with Gasteiger partial charge in [0.05, 0.1) is 0 Å². The normalized spacial score (nSPS) is 10.2. The molecule has 13 aromatic carbocycles. The van der Waals surface area contributed by atoms with Gasteiger partial charge in [0.1, 0.15) is 0 Å². The molecule has 0 nitrogen and oxygen atoms in total. The number of hydrogen-bond donors (Lipinski definition) is 0. The van der Waals surface area contributed by atoms with E-state index in [4.69, 9.17) is 6.58 Å². The molecule has 3 aliphatic carbocycles. The quantitative estimate of drug-likeness (QED) is 0.0952. The van der Waals surface area contributed by atoms with Gasteiger partial charge in [0.2, 0.25) is 0 Å². The van der Waals surface area contributed by atoms with E-state index in [1.807, 2.05) is 340 Å². The first-order valence-electron chi connectivity index (χ1n) is 50.7. The van der Waals surface area contributed by atoms with Crippen LogP contribution in [0.25, 0.3) is 0 Å². The maximum atomic E-state index is 5.22. The first-order valence-corrected chi connectivity index (χ1v) is 50.7. The summed E-state index contributed by atoms with van der Waals surface area (Å²) in [7, 11) is 0. The second kappa shape index (κ2) is 140. The van der Waals surface area contributed by atoms with E-state index in [0.717, 1.165) is 101 Å². The molecule has 0 N–H and O–H groups in total. The summed E-state index contributed by atoms with van der Waals surface area (Å²) in [4.78, 5) is 0. The molecule has 2 atom stereocenters. The van der Waals surface area contributed by atoms with Crippen molar-refractivity contribution in [1.29, 1.82) is 0 Å². The van der Waals surface area contributed by atoms with Crippen LogP contribution in [0.1, 0.15) is 278 Å². The van der Waals surface area contributed by atoms with Crippen LogP contribution >= 0.6 is 0 Å². The Kier molecular flexibility index (Phi) is 171. The maximum Gasteiger partial charge on any atom is 0 e. The first-order chi connectivity index (χ1) is 66.6. The van der Waals surface area contributed by atoms with Crippen molar-refractivity contribution in [2.24, 2.45) is 11.8 Å². The zero-order valence-corrected chi connectivity index (χ0v) is 119. The molecule has 144 heavy (non-hydrogen) atoms. The summed E-state index contributed by atoms with van der Waals surface area (Å²) < 4.78 is 0. The molecule has 0 aromatic heterocycles. The fraction of sp³-hybridized carbons (Fsp3) is 0.311. The predicted octanol–water partition coefficient (Wildman–Crippen LogP) is 38.0. The zero-order valence-electron chi connectivity index (χ0n) is 93.9. The van der Waals surface area contributed by atoms with E-state index in [0.29, 0.717) is 11.8 Å². The van der Waals surface area contributed by atoms with Gasteiger partial charge in [-0.25, -0.2) is 6.42 Å². The van der Waals surface area contributed by atoms with Crippen LogP contribution in [0.15, 0.2) is 346 Å². The molecule has 0 fully saturated rings. The van der Waals surface area contributed by atoms with Crippen LogP contribution in [0.4, 0.5) is 0 Å². The van der Waals surface area contributed by atoms with Crippen LogP contribution in [0.5, 0.6) is 0 Å². The van der Waals surface area contributed by atoms with Gasteiger partial charge in [-0.2, -0.15) is 355 Å². The largest absolute Gasteiger partial charge is 0.518 e. The summed E-state index contributed by atoms with van der Waals surface area (Å²) in [5.74, 6) is 0.750. The molecule has 3 aliphatic rings. The molecule has 2 unspecified atom stereocenters. The molecular weight excluding hydrogens is 2420 g/mol. The molecule has 16 rings (SSSR count). The second-order valence-corrected chi connectivity index (χ2v) is 26.9. The van der Waals surface area contributed by atoms with Crippen molar-refractivity contribution in [2.45, 2.75) is 268 Å². The summed E-state index contributed by atoms with van der Waals surface area (Å²) in [6.45, 7) is 83.4. The standard InChI is InChI=1S/2C15H14.C13H10.5C9H10.C9H8.C8H10.C8H8.11C2H6.9Y/c2*1-3-7-14-11-15-8-4-2-6-13(15)10-9-12(14)5-1;1-3-7-12(8-4-1)11-13-9-5-2-6-10-13;1-3-9-7-5-4-6-8(9)2;5*1-2-6-9-7-4-3-5-8-9;1-7-5-3-4-6-8(7)2;1-2-8-6-4-3-5-7-8;11*1-2;;;;;;;;;/h2*1-8H,9-11H2;1-7,9H,11H2;4-7H,1-3H2;4*3-5,7H,1-2,6H2;1-5,7H,6H2;3-8H,1-2H2;3-6H,1-2H2;11*1-2H3;;;;;;;;;/q;;9*-2;;;;;;;;;;;;;;;;;;;;. The van der Waals surface area contributed by atoms with Crippen LogP contribution in [-0.2, 0) is 384 Å². The Labute approximate surface area is 1120 Å². The Morgan fingerprint density at radius 3 is 0.611 bits per heavy atom. The van der Waals surface area contributed by atoms with Gasteiger partial charge in [-0.1, -0.05) is 300 Å². The van der Waals surface area contributed by atoms with Crippen molar-refractivity contribution in [3.8, 4) is 0 Å². The van der Waals surface area contributed by atoms with Gasteiger partial charge in [0.25, 0.3) is 0 Å². The van der Waals surface area contributed by atoms with E-state index < -0.39 is 0 Å². The van der Waals surface area contributed by atoms with E-state index >= 15 is 0 Å². The van der Waals surface area contributed by atoms with Crippen LogP contribution in [0.3, 0.4) is 0 Å². The Bertz CT molecular complexity index is 4180. The number of aryl methyl sites for hydroxylation is 8. The van der Waals surface area contributed by atoms with E-state index in [1.54, 1.807) is 6.08 Å². The predicted molar refractivity (Wildman–Crippen MR) is 608 cm³/mol. The van der Waals surface area contributed by atoms with Gasteiger partial charge in [-0.05, 0) is 89.5 Å². The third-order valence-electron chi connectivity index (χ3n) is 18.3. The number of allylic oxidation sites excluding steroid dienone is 5. The molecule has 9 radical (unpaired) electrons. The van der Waals surface area contributed by atoms with E-state index in [2.05, 4.69) is 263 Å². The fourth-order valence-electron chi connectivity index (χ4n) is 12.0. The topological polar surface area (TPSA) is 0 Å². The molecule has 765 valence electrons. The molecule has 0 heterocycles. The van der Waals surface area contributed by atoms with Crippen molar-refractivity contribution in [3.05, 3.63) is 563 Å². The van der Waals surface area contributed by atoms with Crippen LogP contribution < -0.4 is 0 Å². The van der Waals surface area contributed by atoms with E-state index in [1.165, 1.54) is 115 Å². The molecule has 0 bridgehead atoms. The smallest absolute Gasteiger partial charge is 0 e. The van der Waals surface area contributed by atoms with Crippen molar-refractivity contribution in [2.75, 3.05) is 0 Å². The Morgan fingerprint density at radius 2 is 0.438 bits per heavy atom. The Morgan fingerprint density at radius 1 is 0.243 bits per heavy atom. The Balaban J connectivity index is -0.0000000958. The molecule has 13 aromatic rings. The summed E-state index contributed by atoms with van der Waals surface area (Å²) in [5.41, 5.74) is 24.2. The molecule has 0 aliphatic heterocycles. The summed E-state index contributed by atoms with van der Waals surface area (Å²) in [6.07, 6.45) is 28.1. The molecule has 0 saturated carbocycles. The first kappa shape index (κ1) is 176. The van der Waals surface area contributed by atoms with E-state index in [-0.39, 0.29) is 294 Å². The number of rotatable bonds is 14. The van der Waals surface area contributed by atoms with Gasteiger partial charge in [-0.3, -0.25) is 6.08 Å². The van der Waals surface area contributed by atoms with Crippen LogP contribution in [-0.4, -0.2) is 0 Å². The number of hydrogen-bond acceptors (Lipinski definition) is 0. The second-order valence-electron chi connectivity index (χ2n) is 26.9. The average molecular weight is 2600 g/mol. The van der Waals surface area contributed by atoms with Gasteiger partial charge < -0.3 is 62.0 Å². The summed E-state index contributed by atoms with van der Waals surface area (Å²) in [6, 6.07) is 132. The number of benzene rings is 13. The average Bonchev–Trinajstić information content (AvgIpc) is 1.70. The van der Waals surface area contributed by atoms with Crippen molar-refractivity contribution >= 4 is 0 Å². The minimum atomic E-state index is 0. The van der Waals surface area contributed by atoms with Crippen LogP contribution in [0, 0.1) is 129 Å². The van der Waals surface area contributed by atoms with Crippen molar-refractivity contribution in [1.82, 2.24) is 0 Å². The van der Waals surface area contributed by atoms with Crippen LogP contribution in [0.2, 0.25) is 0 Å². The van der Waals surface area contributed by atoms with Crippen molar-refractivity contribution in [3.63, 3.8) is 0 Å². The fourth-order valence-corrected chi connectivity index (χ4v) is 12.0. The molecular formula is C135H180Y9-18. The van der Waals surface area contributed by atoms with Gasteiger partial charge >= 0.3 is 0 Å². The Hall–Kier alpha value is -1.11. The molecule has 0 amide bonds. The zero-order chi connectivity index (χ0) is 102. The van der Waals surface area contributed by atoms with E-state index in [9.17, 15) is 0 Å². The monoisotopic (exact) mass is 2600 g/mol. The SMILES string of the molecule is CC.CC.CC.CC.CC.CC.CC.CC.CC.CC.CC.[CH-]=CCc1[c-]cccc1.[CH2-]C1C=CC=CC1[CH2-].[CH2-]CCc1[c-]cccc1.[CH2-]CCc1[c-]cccc1.[CH2-]CCc1[c-]cccc1.[CH2-]CCc1[c-]cccc1.[CH2-]Cc1[c-]cccc1.[CH2-]Cc1ccccc1[CH2-].[Y].[Y].[Y].[Y].[Y].[Y].[Y].[Y].[Y].[c-]1ccccc1Cc1[c-]cccc1.c1ccc2c(c1)CCc1ccccc1C2.c1ccc2c(c1)CCc1ccccc1C2. The molecule has 9 heteroatoms. The number of fused-ring (bicyclic) bond motifs is 4. The maximum absolute atomic E-state index is 5.22. The van der Waals surface area contributed by atoms with Gasteiger partial charge in [0, 0.05) is 294 Å². The summed E-state index contributed by atoms with van der Waals surface area (Å²) in [5, 5.41) is 0. The third-order valence-corrected chi connectivity index (χ3v) is 18.3. The summed E-state index contributed by atoms with van der Waals surface area (Å²) >= 11 is 0. The van der Waals surface area contributed by atoms with Crippen molar-refractivity contribution < 1.29 is 294 Å².